The Bertz CT molecular complexity index is 756. The van der Waals surface area contributed by atoms with Gasteiger partial charge in [0.05, 0.1) is 20.3 Å². The molecule has 0 saturated carbocycles. The summed E-state index contributed by atoms with van der Waals surface area (Å²) >= 11 is 0. The van der Waals surface area contributed by atoms with Gasteiger partial charge in [0.2, 0.25) is 0 Å². The number of carbonyl (C=O) groups excluding carboxylic acids is 3. The third-order valence-corrected chi connectivity index (χ3v) is 3.72. The van der Waals surface area contributed by atoms with E-state index in [0.717, 1.165) is 0 Å². The molecule has 0 aliphatic carbocycles. The highest BCUT2D eigenvalue weighted by atomic mass is 16.7. The van der Waals surface area contributed by atoms with Gasteiger partial charge in [-0.3, -0.25) is 4.79 Å². The van der Waals surface area contributed by atoms with Crippen molar-refractivity contribution < 1.29 is 38.1 Å². The zero-order valence-electron chi connectivity index (χ0n) is 16.4. The van der Waals surface area contributed by atoms with Crippen molar-refractivity contribution in [1.29, 1.82) is 0 Å². The Hall–Kier alpha value is -3.03. The smallest absolute Gasteiger partial charge is 0.348 e. The lowest BCUT2D eigenvalue weighted by molar-refractivity contribution is -0.222. The molecule has 0 amide bonds. The summed E-state index contributed by atoms with van der Waals surface area (Å²) in [7, 11) is 1.48. The van der Waals surface area contributed by atoms with Crippen LogP contribution >= 0.6 is 0 Å². The van der Waals surface area contributed by atoms with Crippen LogP contribution in [0.1, 0.15) is 39.2 Å². The van der Waals surface area contributed by atoms with Crippen LogP contribution in [0.15, 0.2) is 23.8 Å². The molecule has 0 bridgehead atoms. The minimum absolute atomic E-state index is 0.215. The second kappa shape index (κ2) is 9.25. The highest BCUT2D eigenvalue weighted by molar-refractivity contribution is 6.19. The third kappa shape index (κ3) is 5.48. The van der Waals surface area contributed by atoms with Crippen LogP contribution in [0.4, 0.5) is 0 Å². The molecule has 0 spiro atoms. The normalized spacial score (nSPS) is 15.4. The van der Waals surface area contributed by atoms with E-state index in [9.17, 15) is 14.4 Å². The maximum Gasteiger partial charge on any atom is 0.348 e. The molecular weight excluding hydrogens is 368 g/mol. The molecule has 0 N–H and O–H groups in total. The summed E-state index contributed by atoms with van der Waals surface area (Å²) in [5, 5.41) is 0. The monoisotopic (exact) mass is 392 g/mol. The van der Waals surface area contributed by atoms with E-state index in [1.54, 1.807) is 25.1 Å². The summed E-state index contributed by atoms with van der Waals surface area (Å²) in [5.74, 6) is -2.42. The number of para-hydroxylation sites is 1. The van der Waals surface area contributed by atoms with Crippen LogP contribution in [0.25, 0.3) is 6.08 Å². The summed E-state index contributed by atoms with van der Waals surface area (Å²) in [6.45, 7) is 5.24. The lowest BCUT2D eigenvalue weighted by atomic mass is 10.1. The van der Waals surface area contributed by atoms with Crippen molar-refractivity contribution in [3.05, 3.63) is 29.3 Å². The molecule has 28 heavy (non-hydrogen) atoms. The van der Waals surface area contributed by atoms with E-state index in [1.165, 1.54) is 27.0 Å². The van der Waals surface area contributed by atoms with Crippen LogP contribution in [0.2, 0.25) is 0 Å². The number of hydrogen-bond donors (Lipinski definition) is 0. The quantitative estimate of drug-likeness (QED) is 0.288. The first kappa shape index (κ1) is 21.3. The second-order valence-electron chi connectivity index (χ2n) is 6.37. The van der Waals surface area contributed by atoms with Crippen molar-refractivity contribution in [2.24, 2.45) is 0 Å². The lowest BCUT2D eigenvalue weighted by Crippen LogP contribution is -2.41. The van der Waals surface area contributed by atoms with Gasteiger partial charge < -0.3 is 23.7 Å². The lowest BCUT2D eigenvalue weighted by Gasteiger charge is -2.29. The topological polar surface area (TPSA) is 97.4 Å². The van der Waals surface area contributed by atoms with E-state index in [-0.39, 0.29) is 24.6 Å². The molecule has 0 unspecified atom stereocenters. The molecule has 1 saturated heterocycles. The molecule has 1 heterocycles. The van der Waals surface area contributed by atoms with Crippen LogP contribution in [0.3, 0.4) is 0 Å². The van der Waals surface area contributed by atoms with Gasteiger partial charge in [-0.05, 0) is 25.5 Å². The molecule has 1 aliphatic rings. The van der Waals surface area contributed by atoms with Gasteiger partial charge in [0, 0.05) is 25.8 Å². The molecule has 0 radical (unpaired) electrons. The number of benzene rings is 1. The van der Waals surface area contributed by atoms with E-state index >= 15 is 0 Å². The molecule has 8 nitrogen and oxygen atoms in total. The summed E-state index contributed by atoms with van der Waals surface area (Å²) in [6, 6.07) is 5.04. The Balaban J connectivity index is 2.20. The van der Waals surface area contributed by atoms with Crippen LogP contribution in [-0.4, -0.2) is 44.0 Å². The average Bonchev–Trinajstić information content (AvgIpc) is 2.61. The van der Waals surface area contributed by atoms with Crippen molar-refractivity contribution in [2.75, 3.05) is 20.3 Å². The van der Waals surface area contributed by atoms with Gasteiger partial charge in [-0.25, -0.2) is 9.59 Å². The predicted molar refractivity (Wildman–Crippen MR) is 98.6 cm³/mol. The largest absolute Gasteiger partial charge is 0.493 e. The molecule has 1 aromatic carbocycles. The maximum absolute atomic E-state index is 12.2. The summed E-state index contributed by atoms with van der Waals surface area (Å²) < 4.78 is 26.1. The van der Waals surface area contributed by atoms with Gasteiger partial charge >= 0.3 is 17.9 Å². The number of carbonyl (C=O) groups is 3. The maximum atomic E-state index is 12.2. The van der Waals surface area contributed by atoms with Crippen molar-refractivity contribution in [2.45, 2.75) is 39.4 Å². The van der Waals surface area contributed by atoms with Crippen LogP contribution in [0, 0.1) is 0 Å². The first-order valence-corrected chi connectivity index (χ1v) is 8.91. The average molecular weight is 392 g/mol. The van der Waals surface area contributed by atoms with E-state index in [2.05, 4.69) is 0 Å². The predicted octanol–water partition coefficient (Wildman–Crippen LogP) is 2.64. The first-order chi connectivity index (χ1) is 13.3. The minimum atomic E-state index is -1.31. The minimum Gasteiger partial charge on any atom is -0.493 e. The Kier molecular flexibility index (Phi) is 7.03. The number of rotatable bonds is 8. The van der Waals surface area contributed by atoms with E-state index in [4.69, 9.17) is 23.7 Å². The standard InChI is InChI=1S/C20H24O8/c1-5-25-16(21)10-7-11-26-17-13(8-6-9-15(17)24-4)12-14-18(22)27-20(2,3)28-19(14)23/h6,8-9,12H,5,7,10-11H2,1-4H3. The molecule has 0 atom stereocenters. The number of esters is 3. The van der Waals surface area contributed by atoms with Crippen molar-refractivity contribution in [3.8, 4) is 11.5 Å². The summed E-state index contributed by atoms with van der Waals surface area (Å²) in [5.41, 5.74) is 0.197. The van der Waals surface area contributed by atoms with Crippen molar-refractivity contribution >= 4 is 24.0 Å². The fourth-order valence-corrected chi connectivity index (χ4v) is 2.52. The fraction of sp³-hybridized carbons (Fsp3) is 0.450. The van der Waals surface area contributed by atoms with Gasteiger partial charge in [-0.2, -0.15) is 0 Å². The van der Waals surface area contributed by atoms with Crippen LogP contribution in [-0.2, 0) is 28.6 Å². The number of ether oxygens (including phenoxy) is 5. The highest BCUT2D eigenvalue weighted by Crippen LogP contribution is 2.34. The molecular formula is C20H24O8. The van der Waals surface area contributed by atoms with Crippen LogP contribution < -0.4 is 9.47 Å². The Morgan fingerprint density at radius 1 is 1.18 bits per heavy atom. The molecule has 1 aromatic rings. The molecule has 8 heteroatoms. The Labute approximate surface area is 163 Å². The zero-order chi connectivity index (χ0) is 20.7. The number of hydrogen-bond acceptors (Lipinski definition) is 8. The Morgan fingerprint density at radius 3 is 2.46 bits per heavy atom. The van der Waals surface area contributed by atoms with Gasteiger partial charge in [0.15, 0.2) is 11.5 Å². The summed E-state index contributed by atoms with van der Waals surface area (Å²) in [6.07, 6.45) is 1.99. The molecule has 1 fully saturated rings. The van der Waals surface area contributed by atoms with Gasteiger partial charge in [-0.1, -0.05) is 12.1 Å². The molecule has 152 valence electrons. The van der Waals surface area contributed by atoms with E-state index in [0.29, 0.717) is 30.1 Å². The molecule has 1 aliphatic heterocycles. The zero-order valence-corrected chi connectivity index (χ0v) is 16.4. The highest BCUT2D eigenvalue weighted by Gasteiger charge is 2.39. The third-order valence-electron chi connectivity index (χ3n) is 3.72. The van der Waals surface area contributed by atoms with Crippen LogP contribution in [0.5, 0.6) is 11.5 Å². The SMILES string of the molecule is CCOC(=O)CCCOc1c(C=C2C(=O)OC(C)(C)OC2=O)cccc1OC. The van der Waals surface area contributed by atoms with Crippen molar-refractivity contribution in [1.82, 2.24) is 0 Å². The van der Waals surface area contributed by atoms with E-state index in [1.807, 2.05) is 0 Å². The molecule has 0 aromatic heterocycles. The van der Waals surface area contributed by atoms with Gasteiger partial charge in [-0.15, -0.1) is 0 Å². The molecule has 2 rings (SSSR count). The van der Waals surface area contributed by atoms with Crippen molar-refractivity contribution in [3.63, 3.8) is 0 Å². The summed E-state index contributed by atoms with van der Waals surface area (Å²) in [4.78, 5) is 35.8. The van der Waals surface area contributed by atoms with Gasteiger partial charge in [0.25, 0.3) is 5.79 Å². The Morgan fingerprint density at radius 2 is 1.86 bits per heavy atom. The fourth-order valence-electron chi connectivity index (χ4n) is 2.52. The first-order valence-electron chi connectivity index (χ1n) is 8.91. The van der Waals surface area contributed by atoms with E-state index < -0.39 is 17.7 Å². The second-order valence-corrected chi connectivity index (χ2v) is 6.37. The number of methoxy groups -OCH3 is 1. The van der Waals surface area contributed by atoms with Gasteiger partial charge in [0.1, 0.15) is 5.57 Å². The number of cyclic esters (lactones) is 2.